The van der Waals surface area contributed by atoms with Gasteiger partial charge in [-0.05, 0) is 122 Å². The fourth-order valence-electron chi connectivity index (χ4n) is 4.69. The molecule has 0 aliphatic heterocycles. The number of rotatable bonds is 16. The van der Waals surface area contributed by atoms with E-state index in [1.165, 1.54) is 35.4 Å². The zero-order valence-corrected chi connectivity index (χ0v) is 25.9. The summed E-state index contributed by atoms with van der Waals surface area (Å²) in [6, 6.07) is 23.1. The van der Waals surface area contributed by atoms with Crippen LogP contribution in [0.4, 0.5) is 0 Å². The Labute approximate surface area is 269 Å². The number of aromatic hydroxyl groups is 6. The van der Waals surface area contributed by atoms with Crippen molar-refractivity contribution in [2.24, 2.45) is 0 Å². The molecule has 0 fully saturated rings. The number of benzene rings is 4. The molecule has 0 unspecified atom stereocenters. The van der Waals surface area contributed by atoms with Gasteiger partial charge in [-0.2, -0.15) is 0 Å². The van der Waals surface area contributed by atoms with Crippen molar-refractivity contribution >= 4 is 0 Å². The molecular weight excluding hydrogens is 588 g/mol. The van der Waals surface area contributed by atoms with Gasteiger partial charge in [0.2, 0.25) is 0 Å². The third-order valence-electron chi connectivity index (χ3n) is 7.45. The van der Waals surface area contributed by atoms with Crippen molar-refractivity contribution in [3.8, 4) is 34.5 Å². The van der Waals surface area contributed by atoms with Gasteiger partial charge in [-0.25, -0.2) is 0 Å². The van der Waals surface area contributed by atoms with Gasteiger partial charge in [0, 0.05) is 13.1 Å². The first-order valence-corrected chi connectivity index (χ1v) is 15.5. The Hall–Kier alpha value is -4.48. The molecule has 10 heteroatoms. The number of hydrogen-bond donors (Lipinski definition) is 10. The number of phenols is 6. The van der Waals surface area contributed by atoms with Crippen LogP contribution in [-0.4, -0.2) is 67.0 Å². The molecule has 0 radical (unpaired) electrons. The number of aliphatic hydroxyl groups is 2. The van der Waals surface area contributed by atoms with E-state index < -0.39 is 12.2 Å². The predicted octanol–water partition coefficient (Wildman–Crippen LogP) is 4.90. The van der Waals surface area contributed by atoms with E-state index in [4.69, 9.17) is 0 Å². The largest absolute Gasteiger partial charge is 0.508 e. The summed E-state index contributed by atoms with van der Waals surface area (Å²) in [5, 5.41) is 82.2. The minimum absolute atomic E-state index is 0.192. The second kappa shape index (κ2) is 19.1. The van der Waals surface area contributed by atoms with E-state index in [9.17, 15) is 40.9 Å². The van der Waals surface area contributed by atoms with Crippen LogP contribution in [0.15, 0.2) is 84.9 Å². The number of aryl methyl sites for hydroxylation is 2. The minimum atomic E-state index is -0.724. The molecule has 0 aromatic heterocycles. The van der Waals surface area contributed by atoms with Gasteiger partial charge in [-0.3, -0.25) is 0 Å². The predicted molar refractivity (Wildman–Crippen MR) is 177 cm³/mol. The van der Waals surface area contributed by atoms with E-state index in [0.29, 0.717) is 24.2 Å². The highest BCUT2D eigenvalue weighted by molar-refractivity contribution is 5.42. The van der Waals surface area contributed by atoms with Crippen LogP contribution in [0.2, 0.25) is 0 Å². The van der Waals surface area contributed by atoms with Gasteiger partial charge in [0.25, 0.3) is 0 Å². The van der Waals surface area contributed by atoms with Gasteiger partial charge in [-0.15, -0.1) is 0 Å². The topological polar surface area (TPSA) is 186 Å². The van der Waals surface area contributed by atoms with Crippen LogP contribution in [0.1, 0.15) is 60.1 Å². The number of nitrogens with one attached hydrogen (secondary N) is 2. The van der Waals surface area contributed by atoms with Gasteiger partial charge in [0.1, 0.15) is 11.5 Å². The van der Waals surface area contributed by atoms with Gasteiger partial charge < -0.3 is 51.5 Å². The molecule has 4 aromatic rings. The number of phenolic OH excluding ortho intramolecular Hbond substituents is 6. The molecule has 0 heterocycles. The van der Waals surface area contributed by atoms with Gasteiger partial charge in [0.15, 0.2) is 23.0 Å². The lowest BCUT2D eigenvalue weighted by Crippen LogP contribution is -2.22. The van der Waals surface area contributed by atoms with E-state index in [1.807, 2.05) is 24.3 Å². The van der Waals surface area contributed by atoms with E-state index in [-0.39, 0.29) is 34.5 Å². The number of hydrogen-bond acceptors (Lipinski definition) is 10. The quantitative estimate of drug-likeness (QED) is 0.0600. The normalized spacial score (nSPS) is 12.2. The van der Waals surface area contributed by atoms with Crippen LogP contribution in [0.25, 0.3) is 0 Å². The van der Waals surface area contributed by atoms with Crippen LogP contribution in [0.3, 0.4) is 0 Å². The van der Waals surface area contributed by atoms with Gasteiger partial charge in [0.05, 0.1) is 12.2 Å². The lowest BCUT2D eigenvalue weighted by atomic mass is 10.1. The molecule has 248 valence electrons. The van der Waals surface area contributed by atoms with Crippen LogP contribution in [-0.2, 0) is 12.8 Å². The fraction of sp³-hybridized carbons (Fsp3) is 0.333. The van der Waals surface area contributed by atoms with Crippen molar-refractivity contribution in [2.45, 2.75) is 50.7 Å². The number of aliphatic hydroxyl groups excluding tert-OH is 2. The maximum atomic E-state index is 10.0. The molecule has 4 rings (SSSR count). The summed E-state index contributed by atoms with van der Waals surface area (Å²) < 4.78 is 0. The average Bonchev–Trinajstić information content (AvgIpc) is 3.05. The molecule has 4 aromatic carbocycles. The summed E-state index contributed by atoms with van der Waals surface area (Å²) in [5.74, 6) is -0.272. The Bertz CT molecular complexity index is 1340. The second-order valence-corrected chi connectivity index (χ2v) is 11.2. The molecule has 0 amide bonds. The first kappa shape index (κ1) is 36.0. The molecule has 10 nitrogen and oxygen atoms in total. The standard InChI is InChI=1S/2C18H23NO4/c2*20-15-7-4-13(5-8-15)3-1-2-10-19-12-18(23)14-6-9-16(21)17(22)11-14/h2*4-9,11,18-23H,1-3,10,12H2/t2*18-/m00/s1. The Kier molecular flexibility index (Phi) is 15.0. The first-order chi connectivity index (χ1) is 22.1. The van der Waals surface area contributed by atoms with Crippen LogP contribution < -0.4 is 10.6 Å². The fourth-order valence-corrected chi connectivity index (χ4v) is 4.69. The maximum Gasteiger partial charge on any atom is 0.157 e. The first-order valence-electron chi connectivity index (χ1n) is 15.5. The summed E-state index contributed by atoms with van der Waals surface area (Å²) in [4.78, 5) is 0. The van der Waals surface area contributed by atoms with Crippen molar-refractivity contribution in [3.05, 3.63) is 107 Å². The smallest absolute Gasteiger partial charge is 0.157 e. The van der Waals surface area contributed by atoms with Crippen molar-refractivity contribution in [1.29, 1.82) is 0 Å². The zero-order valence-electron chi connectivity index (χ0n) is 25.9. The average molecular weight is 635 g/mol. The monoisotopic (exact) mass is 634 g/mol. The molecule has 10 N–H and O–H groups in total. The molecule has 0 aliphatic carbocycles. The van der Waals surface area contributed by atoms with Gasteiger partial charge >= 0.3 is 0 Å². The lowest BCUT2D eigenvalue weighted by Gasteiger charge is -2.13. The Morgan fingerprint density at radius 2 is 0.804 bits per heavy atom. The molecule has 0 saturated carbocycles. The molecule has 0 bridgehead atoms. The lowest BCUT2D eigenvalue weighted by molar-refractivity contribution is 0.174. The molecular formula is C36H46N2O8. The third-order valence-corrected chi connectivity index (χ3v) is 7.45. The molecule has 0 aliphatic rings. The Morgan fingerprint density at radius 3 is 1.15 bits per heavy atom. The highest BCUT2D eigenvalue weighted by atomic mass is 16.3. The van der Waals surface area contributed by atoms with Crippen molar-refractivity contribution in [3.63, 3.8) is 0 Å². The van der Waals surface area contributed by atoms with Crippen molar-refractivity contribution in [2.75, 3.05) is 26.2 Å². The van der Waals surface area contributed by atoms with Crippen molar-refractivity contribution in [1.82, 2.24) is 10.6 Å². The molecule has 46 heavy (non-hydrogen) atoms. The summed E-state index contributed by atoms with van der Waals surface area (Å²) in [6.07, 6.45) is 4.47. The van der Waals surface area contributed by atoms with Crippen LogP contribution >= 0.6 is 0 Å². The van der Waals surface area contributed by atoms with E-state index in [0.717, 1.165) is 51.6 Å². The highest BCUT2D eigenvalue weighted by Crippen LogP contribution is 2.28. The third kappa shape index (κ3) is 12.9. The van der Waals surface area contributed by atoms with E-state index in [2.05, 4.69) is 10.6 Å². The Balaban J connectivity index is 0.000000250. The van der Waals surface area contributed by atoms with Crippen LogP contribution in [0.5, 0.6) is 34.5 Å². The van der Waals surface area contributed by atoms with E-state index >= 15 is 0 Å². The second-order valence-electron chi connectivity index (χ2n) is 11.2. The van der Waals surface area contributed by atoms with E-state index in [1.54, 1.807) is 36.4 Å². The van der Waals surface area contributed by atoms with Gasteiger partial charge in [-0.1, -0.05) is 36.4 Å². The van der Waals surface area contributed by atoms with Crippen molar-refractivity contribution < 1.29 is 40.9 Å². The summed E-state index contributed by atoms with van der Waals surface area (Å²) in [5.41, 5.74) is 3.53. The zero-order chi connectivity index (χ0) is 33.3. The Morgan fingerprint density at radius 1 is 0.435 bits per heavy atom. The molecule has 0 saturated heterocycles. The molecule has 0 spiro atoms. The van der Waals surface area contributed by atoms with Crippen LogP contribution in [0, 0.1) is 0 Å². The number of unbranched alkanes of at least 4 members (excludes halogenated alkanes) is 2. The SMILES string of the molecule is Oc1ccc(CCCCNC[C@H](O)c2ccc(O)c(O)c2)cc1.Oc1ccc(CCCCNC[C@H](O)c2ccc(O)c(O)c2)cc1. The molecule has 2 atom stereocenters. The summed E-state index contributed by atoms with van der Waals surface area (Å²) >= 11 is 0. The minimum Gasteiger partial charge on any atom is -0.508 e. The highest BCUT2D eigenvalue weighted by Gasteiger charge is 2.11. The summed E-state index contributed by atoms with van der Waals surface area (Å²) in [7, 11) is 0. The summed E-state index contributed by atoms with van der Waals surface area (Å²) in [6.45, 7) is 2.37. The maximum absolute atomic E-state index is 10.0.